The van der Waals surface area contributed by atoms with Crippen molar-refractivity contribution in [1.82, 2.24) is 9.97 Å². The smallest absolute Gasteiger partial charge is 0.225 e. The van der Waals surface area contributed by atoms with Crippen LogP contribution in [0.4, 0.5) is 11.8 Å². The summed E-state index contributed by atoms with van der Waals surface area (Å²) in [7, 11) is 1.81. The maximum Gasteiger partial charge on any atom is 0.225 e. The molecule has 0 aliphatic rings. The van der Waals surface area contributed by atoms with Crippen molar-refractivity contribution in [3.63, 3.8) is 0 Å². The van der Waals surface area contributed by atoms with Crippen molar-refractivity contribution in [1.29, 1.82) is 0 Å². The zero-order chi connectivity index (χ0) is 14.5. The molecule has 0 bridgehead atoms. The van der Waals surface area contributed by atoms with Gasteiger partial charge in [0.2, 0.25) is 5.95 Å². The number of hydrogen-bond acceptors (Lipinski definition) is 6. The van der Waals surface area contributed by atoms with Crippen LogP contribution in [0, 0.1) is 0 Å². The summed E-state index contributed by atoms with van der Waals surface area (Å²) in [5.41, 5.74) is 0. The number of nitrogens with one attached hydrogen (secondary N) is 2. The Morgan fingerprint density at radius 2 is 2.15 bits per heavy atom. The van der Waals surface area contributed by atoms with Gasteiger partial charge in [0.25, 0.3) is 0 Å². The molecular weight excluding hydrogens is 272 g/mol. The molecule has 0 saturated carbocycles. The molecule has 0 fully saturated rings. The molecule has 0 spiro atoms. The molecule has 6 heteroatoms. The summed E-state index contributed by atoms with van der Waals surface area (Å²) in [6.07, 6.45) is 2.42. The lowest BCUT2D eigenvalue weighted by Gasteiger charge is -2.12. The van der Waals surface area contributed by atoms with Gasteiger partial charge in [0, 0.05) is 18.5 Å². The van der Waals surface area contributed by atoms with Crippen LogP contribution in [0.2, 0.25) is 0 Å². The number of thiophene rings is 1. The van der Waals surface area contributed by atoms with Crippen LogP contribution in [0.5, 0.6) is 0 Å². The van der Waals surface area contributed by atoms with Gasteiger partial charge >= 0.3 is 0 Å². The summed E-state index contributed by atoms with van der Waals surface area (Å²) < 4.78 is 0. The molecule has 20 heavy (non-hydrogen) atoms. The van der Waals surface area contributed by atoms with Crippen LogP contribution in [0.15, 0.2) is 6.07 Å². The molecule has 0 aliphatic carbocycles. The normalized spacial score (nSPS) is 12.6. The van der Waals surface area contributed by atoms with Gasteiger partial charge in [-0.1, -0.05) is 20.3 Å². The van der Waals surface area contributed by atoms with Crippen LogP contribution in [0.25, 0.3) is 10.2 Å². The zero-order valence-corrected chi connectivity index (χ0v) is 13.0. The quantitative estimate of drug-likeness (QED) is 0.732. The van der Waals surface area contributed by atoms with Crippen LogP contribution >= 0.6 is 11.3 Å². The van der Waals surface area contributed by atoms with Crippen molar-refractivity contribution >= 4 is 33.3 Å². The van der Waals surface area contributed by atoms with Crippen LogP contribution in [0.3, 0.4) is 0 Å². The Bertz CT molecular complexity index is 570. The van der Waals surface area contributed by atoms with Crippen LogP contribution in [0.1, 0.15) is 31.6 Å². The molecule has 1 atom stereocenters. The van der Waals surface area contributed by atoms with Gasteiger partial charge in [-0.2, -0.15) is 4.98 Å². The Morgan fingerprint density at radius 3 is 2.80 bits per heavy atom. The zero-order valence-electron chi connectivity index (χ0n) is 12.2. The molecule has 0 radical (unpaired) electrons. The Hall–Kier alpha value is -1.40. The van der Waals surface area contributed by atoms with Crippen LogP contribution < -0.4 is 10.6 Å². The number of aliphatic hydroxyl groups excluding tert-OH is 1. The second-order valence-electron chi connectivity index (χ2n) is 4.75. The number of aromatic nitrogens is 2. The van der Waals surface area contributed by atoms with Crippen molar-refractivity contribution in [2.75, 3.05) is 24.2 Å². The first-order valence-corrected chi connectivity index (χ1v) is 7.89. The summed E-state index contributed by atoms with van der Waals surface area (Å²) in [6, 6.07) is 2.13. The third-order valence-electron chi connectivity index (χ3n) is 3.14. The van der Waals surface area contributed by atoms with Crippen LogP contribution in [-0.2, 0) is 6.42 Å². The van der Waals surface area contributed by atoms with E-state index in [0.29, 0.717) is 12.5 Å². The van der Waals surface area contributed by atoms with Crippen molar-refractivity contribution in [3.8, 4) is 0 Å². The van der Waals surface area contributed by atoms with E-state index in [1.54, 1.807) is 11.3 Å². The fourth-order valence-electron chi connectivity index (χ4n) is 2.04. The van der Waals surface area contributed by atoms with E-state index >= 15 is 0 Å². The van der Waals surface area contributed by atoms with Crippen molar-refractivity contribution in [2.24, 2.45) is 0 Å². The van der Waals surface area contributed by atoms with E-state index < -0.39 is 0 Å². The highest BCUT2D eigenvalue weighted by atomic mass is 32.1. The Kier molecular flexibility index (Phi) is 5.14. The van der Waals surface area contributed by atoms with Crippen molar-refractivity contribution in [2.45, 2.75) is 39.2 Å². The Labute approximate surface area is 123 Å². The maximum absolute atomic E-state index is 9.84. The highest BCUT2D eigenvalue weighted by molar-refractivity contribution is 7.18. The van der Waals surface area contributed by atoms with Gasteiger partial charge in [0.1, 0.15) is 10.6 Å². The van der Waals surface area contributed by atoms with E-state index in [0.717, 1.165) is 35.3 Å². The van der Waals surface area contributed by atoms with E-state index in [1.807, 2.05) is 7.05 Å². The highest BCUT2D eigenvalue weighted by Gasteiger charge is 2.12. The molecule has 5 nitrogen and oxygen atoms in total. The lowest BCUT2D eigenvalue weighted by Crippen LogP contribution is -2.19. The number of fused-ring (bicyclic) bond motifs is 1. The predicted molar refractivity (Wildman–Crippen MR) is 85.7 cm³/mol. The average Bonchev–Trinajstić information content (AvgIpc) is 2.87. The number of hydrogen-bond donors (Lipinski definition) is 3. The largest absolute Gasteiger partial charge is 0.391 e. The molecule has 0 saturated heterocycles. The Morgan fingerprint density at radius 1 is 1.35 bits per heavy atom. The molecular formula is C14H22N4OS. The summed E-state index contributed by atoms with van der Waals surface area (Å²) in [5.74, 6) is 1.40. The third-order valence-corrected chi connectivity index (χ3v) is 4.32. The summed E-state index contributed by atoms with van der Waals surface area (Å²) >= 11 is 1.69. The molecule has 2 heterocycles. The topological polar surface area (TPSA) is 70.1 Å². The summed E-state index contributed by atoms with van der Waals surface area (Å²) in [6.45, 7) is 4.72. The first-order chi connectivity index (χ1) is 9.67. The number of anilines is 2. The maximum atomic E-state index is 9.84. The van der Waals surface area contributed by atoms with Crippen LogP contribution in [-0.4, -0.2) is 34.8 Å². The molecule has 0 aliphatic heterocycles. The first kappa shape index (κ1) is 15.0. The summed E-state index contributed by atoms with van der Waals surface area (Å²) in [5, 5.41) is 17.1. The molecule has 0 amide bonds. The lowest BCUT2D eigenvalue weighted by atomic mass is 10.2. The third kappa shape index (κ3) is 3.37. The number of rotatable bonds is 7. The fourth-order valence-corrected chi connectivity index (χ4v) is 3.01. The second-order valence-corrected chi connectivity index (χ2v) is 5.87. The molecule has 0 aromatic carbocycles. The summed E-state index contributed by atoms with van der Waals surface area (Å²) in [4.78, 5) is 11.2. The van der Waals surface area contributed by atoms with Gasteiger partial charge in [-0.3, -0.25) is 0 Å². The molecule has 3 N–H and O–H groups in total. The minimum atomic E-state index is -0.340. The minimum absolute atomic E-state index is 0.340. The standard InChI is InChI=1S/C14H22N4OS/c1-4-6-9(19)8-16-12-11-7-10(5-2)20-13(11)18-14(15-3)17-12/h7,9,19H,4-6,8H2,1-3H3,(H2,15,16,17,18). The van der Waals surface area contributed by atoms with Gasteiger partial charge in [-0.05, 0) is 18.9 Å². The first-order valence-electron chi connectivity index (χ1n) is 7.08. The van der Waals surface area contributed by atoms with E-state index in [2.05, 4.69) is 40.5 Å². The van der Waals surface area contributed by atoms with Gasteiger partial charge in [0.15, 0.2) is 0 Å². The van der Waals surface area contributed by atoms with Gasteiger partial charge in [0.05, 0.1) is 11.5 Å². The Balaban J connectivity index is 2.27. The molecule has 2 aromatic heterocycles. The minimum Gasteiger partial charge on any atom is -0.391 e. The van der Waals surface area contributed by atoms with Gasteiger partial charge in [-0.15, -0.1) is 11.3 Å². The molecule has 2 rings (SSSR count). The average molecular weight is 294 g/mol. The second kappa shape index (κ2) is 6.85. The monoisotopic (exact) mass is 294 g/mol. The molecule has 110 valence electrons. The lowest BCUT2D eigenvalue weighted by molar-refractivity contribution is 0.176. The van der Waals surface area contributed by atoms with E-state index in [4.69, 9.17) is 0 Å². The fraction of sp³-hybridized carbons (Fsp3) is 0.571. The molecule has 1 unspecified atom stereocenters. The van der Waals surface area contributed by atoms with E-state index in [1.165, 1.54) is 4.88 Å². The predicted octanol–water partition coefficient (Wildman–Crippen LogP) is 2.87. The van der Waals surface area contributed by atoms with Gasteiger partial charge in [-0.25, -0.2) is 4.98 Å². The number of aliphatic hydroxyl groups is 1. The van der Waals surface area contributed by atoms with Crippen molar-refractivity contribution in [3.05, 3.63) is 10.9 Å². The van der Waals surface area contributed by atoms with Gasteiger partial charge < -0.3 is 15.7 Å². The SMILES string of the molecule is CCCC(O)CNc1nc(NC)nc2sc(CC)cc12. The molecule has 2 aromatic rings. The number of nitrogens with zero attached hydrogens (tertiary/aromatic N) is 2. The van der Waals surface area contributed by atoms with Crippen molar-refractivity contribution < 1.29 is 5.11 Å². The van der Waals surface area contributed by atoms with E-state index in [-0.39, 0.29) is 6.10 Å². The number of aryl methyl sites for hydroxylation is 1. The van der Waals surface area contributed by atoms with E-state index in [9.17, 15) is 5.11 Å². The highest BCUT2D eigenvalue weighted by Crippen LogP contribution is 2.30.